The van der Waals surface area contributed by atoms with E-state index in [0.29, 0.717) is 17.6 Å². The molecule has 7 nitrogen and oxygen atoms in total. The average Bonchev–Trinajstić information content (AvgIpc) is 3.24. The van der Waals surface area contributed by atoms with E-state index in [0.717, 1.165) is 48.2 Å². The Morgan fingerprint density at radius 2 is 2.03 bits per heavy atom. The van der Waals surface area contributed by atoms with Gasteiger partial charge in [-0.2, -0.15) is 0 Å². The van der Waals surface area contributed by atoms with E-state index < -0.39 is 0 Å². The van der Waals surface area contributed by atoms with Crippen molar-refractivity contribution in [2.45, 2.75) is 39.2 Å². The monoisotopic (exact) mass is 414 g/mol. The molecule has 29 heavy (non-hydrogen) atoms. The number of methoxy groups -OCH3 is 1. The number of anilines is 1. The first-order valence-electron chi connectivity index (χ1n) is 9.92. The van der Waals surface area contributed by atoms with Crippen LogP contribution in [0.4, 0.5) is 5.13 Å². The van der Waals surface area contributed by atoms with Crippen LogP contribution in [-0.4, -0.2) is 27.1 Å². The fraction of sp³-hybridized carbons (Fsp3) is 0.476. The molecule has 1 aromatic carbocycles. The van der Waals surface area contributed by atoms with E-state index in [1.165, 1.54) is 11.3 Å². The van der Waals surface area contributed by atoms with Crippen LogP contribution in [0.15, 0.2) is 28.4 Å². The Bertz CT molecular complexity index is 1090. The number of benzene rings is 1. The Balaban J connectivity index is 1.43. The second-order valence-electron chi connectivity index (χ2n) is 7.81. The SMILES string of the molecule is COc1ccc2c(c1)n(CC1CCC(C(=O)Nc3nc(C)cs3)CC1)c(=O)n2C. The van der Waals surface area contributed by atoms with Crippen LogP contribution in [0.1, 0.15) is 31.4 Å². The maximum Gasteiger partial charge on any atom is 0.328 e. The highest BCUT2D eigenvalue weighted by molar-refractivity contribution is 7.13. The van der Waals surface area contributed by atoms with Crippen molar-refractivity contribution in [2.24, 2.45) is 18.9 Å². The number of nitrogens with zero attached hydrogens (tertiary/aromatic N) is 3. The van der Waals surface area contributed by atoms with Gasteiger partial charge >= 0.3 is 5.69 Å². The number of amides is 1. The summed E-state index contributed by atoms with van der Waals surface area (Å²) in [7, 11) is 3.43. The lowest BCUT2D eigenvalue weighted by molar-refractivity contribution is -0.121. The summed E-state index contributed by atoms with van der Waals surface area (Å²) in [5.41, 5.74) is 2.72. The van der Waals surface area contributed by atoms with Crippen LogP contribution in [0, 0.1) is 18.8 Å². The molecule has 0 unspecified atom stereocenters. The second-order valence-corrected chi connectivity index (χ2v) is 8.67. The molecule has 0 saturated heterocycles. The number of carbonyl (C=O) groups excluding carboxylic acids is 1. The quantitative estimate of drug-likeness (QED) is 0.692. The largest absolute Gasteiger partial charge is 0.497 e. The van der Waals surface area contributed by atoms with Gasteiger partial charge in [-0.05, 0) is 50.7 Å². The Kier molecular flexibility index (Phi) is 5.45. The van der Waals surface area contributed by atoms with Crippen molar-refractivity contribution in [1.29, 1.82) is 0 Å². The number of imidazole rings is 1. The minimum Gasteiger partial charge on any atom is -0.497 e. The summed E-state index contributed by atoms with van der Waals surface area (Å²) in [6.07, 6.45) is 3.54. The first-order chi connectivity index (χ1) is 14.0. The molecule has 8 heteroatoms. The zero-order valence-corrected chi connectivity index (χ0v) is 17.8. The summed E-state index contributed by atoms with van der Waals surface area (Å²) in [4.78, 5) is 29.6. The molecule has 0 bridgehead atoms. The van der Waals surface area contributed by atoms with Gasteiger partial charge in [0.1, 0.15) is 5.75 Å². The number of thiazole rings is 1. The number of rotatable bonds is 5. The number of aromatic nitrogens is 3. The van der Waals surface area contributed by atoms with E-state index >= 15 is 0 Å². The van der Waals surface area contributed by atoms with Gasteiger partial charge in [0, 0.05) is 31.0 Å². The normalized spacial score (nSPS) is 19.4. The molecule has 3 aromatic rings. The molecule has 1 aliphatic rings. The minimum atomic E-state index is -0.00717. The number of aryl methyl sites for hydroxylation is 2. The number of ether oxygens (including phenoxy) is 1. The molecule has 0 atom stereocenters. The molecule has 1 N–H and O–H groups in total. The van der Waals surface area contributed by atoms with E-state index in [9.17, 15) is 9.59 Å². The number of fused-ring (bicyclic) bond motifs is 1. The van der Waals surface area contributed by atoms with Crippen LogP contribution in [0.2, 0.25) is 0 Å². The van der Waals surface area contributed by atoms with Crippen LogP contribution in [0.25, 0.3) is 11.0 Å². The lowest BCUT2D eigenvalue weighted by atomic mass is 9.81. The zero-order chi connectivity index (χ0) is 20.5. The fourth-order valence-corrected chi connectivity index (χ4v) is 4.87. The van der Waals surface area contributed by atoms with Gasteiger partial charge in [0.2, 0.25) is 5.91 Å². The Morgan fingerprint density at radius 1 is 1.28 bits per heavy atom. The van der Waals surface area contributed by atoms with E-state index in [2.05, 4.69) is 10.3 Å². The van der Waals surface area contributed by atoms with Crippen LogP contribution in [-0.2, 0) is 18.4 Å². The highest BCUT2D eigenvalue weighted by atomic mass is 32.1. The summed E-state index contributed by atoms with van der Waals surface area (Å²) < 4.78 is 8.87. The lowest BCUT2D eigenvalue weighted by Gasteiger charge is -2.27. The molecule has 154 valence electrons. The fourth-order valence-electron chi connectivity index (χ4n) is 4.18. The van der Waals surface area contributed by atoms with Crippen molar-refractivity contribution in [3.05, 3.63) is 39.8 Å². The van der Waals surface area contributed by atoms with Gasteiger partial charge in [-0.3, -0.25) is 13.9 Å². The van der Waals surface area contributed by atoms with Gasteiger partial charge in [-0.25, -0.2) is 9.78 Å². The zero-order valence-electron chi connectivity index (χ0n) is 17.0. The van der Waals surface area contributed by atoms with Gasteiger partial charge in [-0.15, -0.1) is 11.3 Å². The number of hydrogen-bond donors (Lipinski definition) is 1. The highest BCUT2D eigenvalue weighted by Gasteiger charge is 2.28. The van der Waals surface area contributed by atoms with E-state index in [1.807, 2.05) is 35.1 Å². The highest BCUT2D eigenvalue weighted by Crippen LogP contribution is 2.32. The predicted octanol–water partition coefficient (Wildman–Crippen LogP) is 3.56. The molecule has 1 fully saturated rings. The van der Waals surface area contributed by atoms with Gasteiger partial charge in [0.05, 0.1) is 23.8 Å². The molecule has 0 spiro atoms. The molecular formula is C21H26N4O3S. The molecule has 4 rings (SSSR count). The summed E-state index contributed by atoms with van der Waals surface area (Å²) in [5, 5.41) is 5.55. The van der Waals surface area contributed by atoms with E-state index in [1.54, 1.807) is 18.7 Å². The first kappa shape index (κ1) is 19.7. The third-order valence-corrected chi connectivity index (χ3v) is 6.74. The first-order valence-corrected chi connectivity index (χ1v) is 10.8. The molecule has 0 aliphatic heterocycles. The van der Waals surface area contributed by atoms with Crippen LogP contribution >= 0.6 is 11.3 Å². The van der Waals surface area contributed by atoms with Crippen molar-refractivity contribution in [3.63, 3.8) is 0 Å². The maximum absolute atomic E-state index is 12.8. The van der Waals surface area contributed by atoms with Crippen molar-refractivity contribution in [1.82, 2.24) is 14.1 Å². The summed E-state index contributed by atoms with van der Waals surface area (Å²) in [5.74, 6) is 1.20. The Labute approximate surface area is 173 Å². The maximum atomic E-state index is 12.8. The predicted molar refractivity (Wildman–Crippen MR) is 115 cm³/mol. The number of hydrogen-bond acceptors (Lipinski definition) is 5. The Morgan fingerprint density at radius 3 is 2.69 bits per heavy atom. The van der Waals surface area contributed by atoms with E-state index in [-0.39, 0.29) is 17.5 Å². The van der Waals surface area contributed by atoms with Crippen LogP contribution in [0.3, 0.4) is 0 Å². The molecule has 0 radical (unpaired) electrons. The van der Waals surface area contributed by atoms with Gasteiger partial charge < -0.3 is 10.1 Å². The molecule has 2 heterocycles. The van der Waals surface area contributed by atoms with Crippen molar-refractivity contribution in [3.8, 4) is 5.75 Å². The smallest absolute Gasteiger partial charge is 0.328 e. The lowest BCUT2D eigenvalue weighted by Crippen LogP contribution is -2.30. The number of carbonyl (C=O) groups is 1. The summed E-state index contributed by atoms with van der Waals surface area (Å²) >= 11 is 1.46. The third kappa shape index (κ3) is 3.94. The summed E-state index contributed by atoms with van der Waals surface area (Å²) in [6, 6.07) is 5.72. The van der Waals surface area contributed by atoms with Crippen LogP contribution < -0.4 is 15.7 Å². The standard InChI is InChI=1S/C21H26N4O3S/c1-13-12-29-20(22-13)23-19(26)15-6-4-14(5-7-15)11-25-18-10-16(28-3)8-9-17(18)24(2)21(25)27/h8-10,12,14-15H,4-7,11H2,1-3H3,(H,22,23,26). The third-order valence-electron chi connectivity index (χ3n) is 5.86. The molecule has 1 amide bonds. The van der Waals surface area contributed by atoms with Crippen molar-refractivity contribution < 1.29 is 9.53 Å². The van der Waals surface area contributed by atoms with Crippen LogP contribution in [0.5, 0.6) is 5.75 Å². The summed E-state index contributed by atoms with van der Waals surface area (Å²) in [6.45, 7) is 2.59. The topological polar surface area (TPSA) is 78.2 Å². The Hall–Kier alpha value is -2.61. The van der Waals surface area contributed by atoms with Crippen molar-refractivity contribution in [2.75, 3.05) is 12.4 Å². The van der Waals surface area contributed by atoms with Gasteiger partial charge in [-0.1, -0.05) is 0 Å². The molecular weight excluding hydrogens is 388 g/mol. The minimum absolute atomic E-state index is 0.00717. The van der Waals surface area contributed by atoms with Crippen molar-refractivity contribution >= 4 is 33.4 Å². The number of nitrogens with one attached hydrogen (secondary N) is 1. The second kappa shape index (κ2) is 8.02. The van der Waals surface area contributed by atoms with E-state index in [4.69, 9.17) is 4.74 Å². The van der Waals surface area contributed by atoms with Gasteiger partial charge in [0.15, 0.2) is 5.13 Å². The molecule has 2 aromatic heterocycles. The molecule has 1 saturated carbocycles. The molecule has 1 aliphatic carbocycles. The van der Waals surface area contributed by atoms with Gasteiger partial charge in [0.25, 0.3) is 0 Å². The average molecular weight is 415 g/mol.